The topological polar surface area (TPSA) is 58.0 Å². The van der Waals surface area contributed by atoms with Gasteiger partial charge in [0.05, 0.1) is 6.61 Å². The summed E-state index contributed by atoms with van der Waals surface area (Å²) in [5.41, 5.74) is -0.206. The average Bonchev–Trinajstić information content (AvgIpc) is 2.72. The molecule has 18 heavy (non-hydrogen) atoms. The second-order valence-electron chi connectivity index (χ2n) is 4.89. The van der Waals surface area contributed by atoms with Crippen molar-refractivity contribution in [2.24, 2.45) is 0 Å². The van der Waals surface area contributed by atoms with Crippen molar-refractivity contribution < 1.29 is 5.11 Å². The fraction of sp³-hybridized carbons (Fsp3) is 0.833. The lowest BCUT2D eigenvalue weighted by Gasteiger charge is -2.31. The number of aryl methyl sites for hydroxylation is 1. The van der Waals surface area contributed by atoms with E-state index >= 15 is 0 Å². The highest BCUT2D eigenvalue weighted by molar-refractivity contribution is 8.01. The standard InChI is InChI=1S/C12H23N3OS2/c1-5-6-13-12(4,8-16)7-9(2)17-11-14-10(3)15-18-11/h9,13,16H,5-8H2,1-4H3. The van der Waals surface area contributed by atoms with E-state index in [1.54, 1.807) is 11.8 Å². The number of hydrogen-bond donors (Lipinski definition) is 2. The Balaban J connectivity index is 2.48. The molecule has 0 saturated carbocycles. The van der Waals surface area contributed by atoms with Crippen LogP contribution in [0.25, 0.3) is 0 Å². The monoisotopic (exact) mass is 289 g/mol. The number of hydrogen-bond acceptors (Lipinski definition) is 6. The molecule has 0 aliphatic rings. The van der Waals surface area contributed by atoms with Gasteiger partial charge in [0.2, 0.25) is 0 Å². The van der Waals surface area contributed by atoms with Crippen LogP contribution in [0.1, 0.15) is 39.4 Å². The van der Waals surface area contributed by atoms with Crippen molar-refractivity contribution in [2.45, 2.75) is 55.7 Å². The van der Waals surface area contributed by atoms with Crippen molar-refractivity contribution in [2.75, 3.05) is 13.2 Å². The third-order valence-electron chi connectivity index (χ3n) is 2.70. The van der Waals surface area contributed by atoms with E-state index < -0.39 is 0 Å². The molecular weight excluding hydrogens is 266 g/mol. The molecular formula is C12H23N3OS2. The van der Waals surface area contributed by atoms with Crippen LogP contribution in [0.5, 0.6) is 0 Å². The smallest absolute Gasteiger partial charge is 0.170 e. The molecule has 0 aliphatic carbocycles. The predicted molar refractivity (Wildman–Crippen MR) is 78.4 cm³/mol. The molecule has 0 bridgehead atoms. The summed E-state index contributed by atoms with van der Waals surface area (Å²) in [7, 11) is 0. The van der Waals surface area contributed by atoms with Crippen LogP contribution in [0.3, 0.4) is 0 Å². The maximum absolute atomic E-state index is 9.53. The molecule has 0 fully saturated rings. The fourth-order valence-electron chi connectivity index (χ4n) is 1.79. The molecule has 1 rings (SSSR count). The Labute approximate surface area is 118 Å². The summed E-state index contributed by atoms with van der Waals surface area (Å²) >= 11 is 3.18. The van der Waals surface area contributed by atoms with Crippen LogP contribution in [-0.4, -0.2) is 38.4 Å². The maximum Gasteiger partial charge on any atom is 0.170 e. The molecule has 1 aromatic heterocycles. The highest BCUT2D eigenvalue weighted by Gasteiger charge is 2.25. The highest BCUT2D eigenvalue weighted by Crippen LogP contribution is 2.29. The van der Waals surface area contributed by atoms with Gasteiger partial charge in [0, 0.05) is 10.8 Å². The van der Waals surface area contributed by atoms with Crippen molar-refractivity contribution in [3.63, 3.8) is 0 Å². The zero-order chi connectivity index (χ0) is 13.6. The third-order valence-corrected chi connectivity index (χ3v) is 4.68. The maximum atomic E-state index is 9.53. The van der Waals surface area contributed by atoms with E-state index in [-0.39, 0.29) is 12.1 Å². The summed E-state index contributed by atoms with van der Waals surface area (Å²) in [4.78, 5) is 4.36. The van der Waals surface area contributed by atoms with Gasteiger partial charge in [0.25, 0.3) is 0 Å². The molecule has 0 radical (unpaired) electrons. The summed E-state index contributed by atoms with van der Waals surface area (Å²) in [6.07, 6.45) is 1.99. The van der Waals surface area contributed by atoms with E-state index in [1.165, 1.54) is 11.5 Å². The molecule has 0 aliphatic heterocycles. The third kappa shape index (κ3) is 5.22. The predicted octanol–water partition coefficient (Wildman–Crippen LogP) is 2.47. The van der Waals surface area contributed by atoms with E-state index in [0.29, 0.717) is 5.25 Å². The first-order valence-corrected chi connectivity index (χ1v) is 7.97. The molecule has 4 nitrogen and oxygen atoms in total. The van der Waals surface area contributed by atoms with Crippen LogP contribution < -0.4 is 5.32 Å². The van der Waals surface area contributed by atoms with Crippen LogP contribution in [0.15, 0.2) is 4.34 Å². The average molecular weight is 289 g/mol. The van der Waals surface area contributed by atoms with Crippen molar-refractivity contribution in [3.8, 4) is 0 Å². The first-order valence-electron chi connectivity index (χ1n) is 6.32. The van der Waals surface area contributed by atoms with Crippen LogP contribution in [0.2, 0.25) is 0 Å². The van der Waals surface area contributed by atoms with Gasteiger partial charge in [-0.25, -0.2) is 4.98 Å². The summed E-state index contributed by atoms with van der Waals surface area (Å²) < 4.78 is 5.19. The summed E-state index contributed by atoms with van der Waals surface area (Å²) in [6.45, 7) is 9.38. The number of nitrogens with zero attached hydrogens (tertiary/aromatic N) is 2. The normalized spacial score (nSPS) is 16.5. The molecule has 2 unspecified atom stereocenters. The number of aliphatic hydroxyl groups is 1. The number of nitrogens with one attached hydrogen (secondary N) is 1. The second kappa shape index (κ2) is 7.43. The molecule has 1 heterocycles. The van der Waals surface area contributed by atoms with Crippen molar-refractivity contribution in [1.29, 1.82) is 0 Å². The van der Waals surface area contributed by atoms with Gasteiger partial charge in [0.1, 0.15) is 5.82 Å². The Morgan fingerprint density at radius 2 is 2.28 bits per heavy atom. The van der Waals surface area contributed by atoms with E-state index in [9.17, 15) is 5.11 Å². The minimum atomic E-state index is -0.206. The van der Waals surface area contributed by atoms with Gasteiger partial charge in [-0.1, -0.05) is 25.6 Å². The molecule has 0 amide bonds. The minimum absolute atomic E-state index is 0.160. The Hall–Kier alpha value is -0.170. The van der Waals surface area contributed by atoms with E-state index in [2.05, 4.69) is 35.4 Å². The minimum Gasteiger partial charge on any atom is -0.394 e. The van der Waals surface area contributed by atoms with Gasteiger partial charge in [-0.3, -0.25) is 0 Å². The van der Waals surface area contributed by atoms with Crippen LogP contribution in [-0.2, 0) is 0 Å². The van der Waals surface area contributed by atoms with Gasteiger partial charge in [-0.15, -0.1) is 0 Å². The Morgan fingerprint density at radius 3 is 2.78 bits per heavy atom. The van der Waals surface area contributed by atoms with Crippen LogP contribution >= 0.6 is 23.3 Å². The van der Waals surface area contributed by atoms with Crippen molar-refractivity contribution >= 4 is 23.3 Å². The largest absolute Gasteiger partial charge is 0.394 e. The zero-order valence-corrected chi connectivity index (χ0v) is 13.2. The van der Waals surface area contributed by atoms with Gasteiger partial charge >= 0.3 is 0 Å². The lowest BCUT2D eigenvalue weighted by Crippen LogP contribution is -2.47. The lowest BCUT2D eigenvalue weighted by atomic mass is 9.97. The Morgan fingerprint density at radius 1 is 1.56 bits per heavy atom. The highest BCUT2D eigenvalue weighted by atomic mass is 32.2. The van der Waals surface area contributed by atoms with E-state index in [0.717, 1.165) is 29.6 Å². The second-order valence-corrected chi connectivity index (χ2v) is 7.32. The summed E-state index contributed by atoms with van der Waals surface area (Å²) in [6, 6.07) is 0. The molecule has 2 N–H and O–H groups in total. The van der Waals surface area contributed by atoms with Crippen molar-refractivity contribution in [3.05, 3.63) is 5.82 Å². The fourth-order valence-corrected chi connectivity index (χ4v) is 3.97. The SMILES string of the molecule is CCCNC(C)(CO)CC(C)Sc1nc(C)ns1. The molecule has 2 atom stereocenters. The van der Waals surface area contributed by atoms with Gasteiger partial charge in [0.15, 0.2) is 4.34 Å². The number of rotatable bonds is 8. The first kappa shape index (κ1) is 15.9. The molecule has 0 aromatic carbocycles. The first-order chi connectivity index (χ1) is 8.49. The van der Waals surface area contributed by atoms with Crippen LogP contribution in [0.4, 0.5) is 0 Å². The Bertz CT molecular complexity index is 359. The van der Waals surface area contributed by atoms with Gasteiger partial charge in [-0.05, 0) is 44.8 Å². The van der Waals surface area contributed by atoms with Gasteiger partial charge in [-0.2, -0.15) is 4.37 Å². The number of thioether (sulfide) groups is 1. The molecule has 0 spiro atoms. The van der Waals surface area contributed by atoms with E-state index in [1.807, 2.05) is 6.92 Å². The van der Waals surface area contributed by atoms with Crippen LogP contribution in [0, 0.1) is 6.92 Å². The van der Waals surface area contributed by atoms with E-state index in [4.69, 9.17) is 0 Å². The van der Waals surface area contributed by atoms with Gasteiger partial charge < -0.3 is 10.4 Å². The zero-order valence-electron chi connectivity index (χ0n) is 11.6. The lowest BCUT2D eigenvalue weighted by molar-refractivity contribution is 0.166. The Kier molecular flexibility index (Phi) is 6.55. The van der Waals surface area contributed by atoms with Crippen molar-refractivity contribution in [1.82, 2.24) is 14.7 Å². The number of aromatic nitrogens is 2. The number of aliphatic hydroxyl groups excluding tert-OH is 1. The summed E-state index contributed by atoms with van der Waals surface area (Å²) in [5, 5.41) is 13.4. The molecule has 0 saturated heterocycles. The summed E-state index contributed by atoms with van der Waals surface area (Å²) in [5.74, 6) is 0.837. The quantitative estimate of drug-likeness (QED) is 0.720. The molecule has 6 heteroatoms. The molecule has 1 aromatic rings. The molecule has 104 valence electrons.